The van der Waals surface area contributed by atoms with Crippen molar-refractivity contribution in [2.24, 2.45) is 0 Å². The van der Waals surface area contributed by atoms with Gasteiger partial charge in [-0.2, -0.15) is 0 Å². The molecule has 1 unspecified atom stereocenters. The van der Waals surface area contributed by atoms with Gasteiger partial charge in [-0.15, -0.1) is 0 Å². The van der Waals surface area contributed by atoms with Crippen molar-refractivity contribution < 1.29 is 28.5 Å². The van der Waals surface area contributed by atoms with Crippen LogP contribution in [0.4, 0.5) is 20.3 Å². The van der Waals surface area contributed by atoms with E-state index < -0.39 is 5.60 Å². The maximum Gasteiger partial charge on any atom is 0.207 e. The number of benzene rings is 2. The number of nitrogens with one attached hydrogen (secondary N) is 2. The summed E-state index contributed by atoms with van der Waals surface area (Å²) < 4.78 is 34.0. The third kappa shape index (κ3) is 7.70. The van der Waals surface area contributed by atoms with Crippen LogP contribution in [0.3, 0.4) is 0 Å². The highest BCUT2D eigenvalue weighted by Gasteiger charge is 2.29. The number of carbonyl (C=O) groups excluding carboxylic acids is 1. The smallest absolute Gasteiger partial charge is 0.207 e. The molecule has 0 aliphatic carbocycles. The van der Waals surface area contributed by atoms with Crippen LogP contribution in [0.2, 0.25) is 0 Å². The van der Waals surface area contributed by atoms with E-state index in [1.54, 1.807) is 6.07 Å². The first kappa shape index (κ1) is 27.9. The van der Waals surface area contributed by atoms with Gasteiger partial charge < -0.3 is 30.3 Å². The van der Waals surface area contributed by atoms with Gasteiger partial charge >= 0.3 is 0 Å². The first-order chi connectivity index (χ1) is 18.4. The molecule has 0 radical (unpaired) electrons. The molecule has 2 fully saturated rings. The minimum Gasteiger partial charge on any atom is -0.490 e. The van der Waals surface area contributed by atoms with Crippen molar-refractivity contribution in [3.8, 4) is 11.5 Å². The van der Waals surface area contributed by atoms with Crippen LogP contribution in [-0.2, 0) is 11.2 Å². The van der Waals surface area contributed by atoms with Gasteiger partial charge in [-0.25, -0.2) is 4.39 Å². The summed E-state index contributed by atoms with van der Waals surface area (Å²) in [6, 6.07) is 10.1. The molecule has 208 valence electrons. The van der Waals surface area contributed by atoms with Crippen molar-refractivity contribution in [2.75, 3.05) is 55.6 Å². The minimum absolute atomic E-state index is 0.151. The van der Waals surface area contributed by atoms with Crippen molar-refractivity contribution >= 4 is 17.8 Å². The van der Waals surface area contributed by atoms with Crippen LogP contribution in [0.1, 0.15) is 38.2 Å². The van der Waals surface area contributed by atoms with Crippen molar-refractivity contribution in [3.05, 3.63) is 47.8 Å². The van der Waals surface area contributed by atoms with Crippen molar-refractivity contribution in [2.45, 2.75) is 50.7 Å². The number of amides is 1. The summed E-state index contributed by atoms with van der Waals surface area (Å²) in [4.78, 5) is 19.1. The maximum atomic E-state index is 14.5. The van der Waals surface area contributed by atoms with Crippen LogP contribution in [0.25, 0.3) is 0 Å². The quantitative estimate of drug-likeness (QED) is 0.286. The second-order valence-corrected chi connectivity index (χ2v) is 10.4. The molecule has 3 N–H and O–H groups in total. The van der Waals surface area contributed by atoms with Gasteiger partial charge in [0.05, 0.1) is 11.3 Å². The van der Waals surface area contributed by atoms with Gasteiger partial charge in [0.15, 0.2) is 5.75 Å². The van der Waals surface area contributed by atoms with E-state index in [-0.39, 0.29) is 17.7 Å². The predicted molar refractivity (Wildman–Crippen MR) is 143 cm³/mol. The monoisotopic (exact) mass is 532 g/mol. The van der Waals surface area contributed by atoms with Crippen molar-refractivity contribution in [1.29, 1.82) is 0 Å². The first-order valence-electron chi connectivity index (χ1n) is 13.4. The zero-order chi connectivity index (χ0) is 27.0. The van der Waals surface area contributed by atoms with Crippen LogP contribution in [0, 0.1) is 5.82 Å². The third-order valence-electron chi connectivity index (χ3n) is 7.38. The summed E-state index contributed by atoms with van der Waals surface area (Å²) in [5.41, 5.74) is 1.72. The molecule has 2 aliphatic rings. The highest BCUT2D eigenvalue weighted by atomic mass is 19.3. The van der Waals surface area contributed by atoms with Gasteiger partial charge in [0.25, 0.3) is 0 Å². The predicted octanol–water partition coefficient (Wildman–Crippen LogP) is 3.37. The number of anilines is 2. The van der Waals surface area contributed by atoms with Crippen LogP contribution in [-0.4, -0.2) is 69.0 Å². The Labute approximate surface area is 222 Å². The molecule has 8 nitrogen and oxygen atoms in total. The number of aryl methyl sites for hydroxylation is 1. The van der Waals surface area contributed by atoms with E-state index >= 15 is 0 Å². The number of hydrogen-bond donors (Lipinski definition) is 3. The topological polar surface area (TPSA) is 86.3 Å². The summed E-state index contributed by atoms with van der Waals surface area (Å²) in [6.45, 7) is 6.74. The molecule has 2 heterocycles. The van der Waals surface area contributed by atoms with Gasteiger partial charge in [0, 0.05) is 74.6 Å². The average molecular weight is 533 g/mol. The molecule has 0 saturated carbocycles. The second kappa shape index (κ2) is 13.1. The van der Waals surface area contributed by atoms with E-state index in [1.807, 2.05) is 30.0 Å². The number of halogens is 2. The van der Waals surface area contributed by atoms with E-state index in [1.165, 1.54) is 12.1 Å². The Balaban J connectivity index is 1.45. The van der Waals surface area contributed by atoms with E-state index in [2.05, 4.69) is 20.5 Å². The number of aliphatic hydroxyl groups is 1. The molecule has 1 amide bonds. The molecule has 2 aromatic carbocycles. The molecule has 10 heteroatoms. The number of piperidine rings is 1. The Kier molecular flexibility index (Phi) is 9.63. The van der Waals surface area contributed by atoms with Crippen LogP contribution < -0.4 is 30.1 Å². The molecule has 1 atom stereocenters. The Hall–Kier alpha value is -3.11. The van der Waals surface area contributed by atoms with E-state index in [0.717, 1.165) is 37.4 Å². The minimum atomic E-state index is -0.716. The lowest BCUT2D eigenvalue weighted by atomic mass is 9.93. The zero-order valence-corrected chi connectivity index (χ0v) is 21.9. The fourth-order valence-electron chi connectivity index (χ4n) is 5.07. The summed E-state index contributed by atoms with van der Waals surface area (Å²) >= 11 is 0. The maximum absolute atomic E-state index is 14.5. The number of ether oxygens (including phenoxy) is 1. The Morgan fingerprint density at radius 3 is 2.58 bits per heavy atom. The number of rotatable bonds is 12. The molecule has 4 rings (SSSR count). The molecular formula is C28H38F2N4O4. The Morgan fingerprint density at radius 2 is 1.87 bits per heavy atom. The molecule has 0 bridgehead atoms. The molecule has 2 saturated heterocycles. The van der Waals surface area contributed by atoms with Gasteiger partial charge in [-0.05, 0) is 56.4 Å². The SMILES string of the molecule is CC1(O)CCN(c2cc(CCC(CCNC=O)Oc3cc(F)cc(N4CCNCC4)c3)ccc2OF)CC1. The fraction of sp³-hybridized carbons (Fsp3) is 0.536. The van der Waals surface area contributed by atoms with Gasteiger partial charge in [0.2, 0.25) is 6.41 Å². The first-order valence-corrected chi connectivity index (χ1v) is 13.4. The Bertz CT molecular complexity index is 1060. The molecule has 2 aromatic rings. The van der Waals surface area contributed by atoms with Crippen LogP contribution in [0.5, 0.6) is 11.5 Å². The lowest BCUT2D eigenvalue weighted by Crippen LogP contribution is -2.43. The van der Waals surface area contributed by atoms with Crippen LogP contribution in [0.15, 0.2) is 36.4 Å². The number of nitrogens with zero attached hydrogens (tertiary/aromatic N) is 2. The summed E-state index contributed by atoms with van der Waals surface area (Å²) in [7, 11) is 0. The van der Waals surface area contributed by atoms with Gasteiger partial charge in [0.1, 0.15) is 17.7 Å². The standard InChI is InChI=1S/C28H38F2N4O4/c1-28(36)7-12-34(13-8-28)26-16-21(3-5-27(26)38-30)2-4-24(6-9-32-20-35)37-25-18-22(29)17-23(19-25)33-14-10-31-11-15-33/h3,5,16-20,24,31,36H,2,4,6-15H2,1H3,(H,32,35). The van der Waals surface area contributed by atoms with E-state index in [0.29, 0.717) is 69.6 Å². The van der Waals surface area contributed by atoms with Crippen molar-refractivity contribution in [1.82, 2.24) is 10.6 Å². The fourth-order valence-corrected chi connectivity index (χ4v) is 5.07. The summed E-state index contributed by atoms with van der Waals surface area (Å²) in [5, 5.41) is 16.3. The molecular weight excluding hydrogens is 494 g/mol. The highest BCUT2D eigenvalue weighted by Crippen LogP contribution is 2.34. The molecule has 0 aromatic heterocycles. The van der Waals surface area contributed by atoms with E-state index in [4.69, 9.17) is 4.74 Å². The molecule has 38 heavy (non-hydrogen) atoms. The second-order valence-electron chi connectivity index (χ2n) is 10.4. The van der Waals surface area contributed by atoms with Gasteiger partial charge in [-0.3, -0.25) is 9.74 Å². The van der Waals surface area contributed by atoms with Gasteiger partial charge in [-0.1, -0.05) is 6.07 Å². The normalized spacial score (nSPS) is 18.1. The lowest BCUT2D eigenvalue weighted by Gasteiger charge is -2.37. The van der Waals surface area contributed by atoms with Crippen molar-refractivity contribution in [3.63, 3.8) is 0 Å². The Morgan fingerprint density at radius 1 is 1.11 bits per heavy atom. The summed E-state index contributed by atoms with van der Waals surface area (Å²) in [6.07, 6.45) is 3.36. The third-order valence-corrected chi connectivity index (χ3v) is 7.38. The van der Waals surface area contributed by atoms with Crippen LogP contribution >= 0.6 is 0 Å². The average Bonchev–Trinajstić information content (AvgIpc) is 2.92. The molecule has 2 aliphatic heterocycles. The summed E-state index contributed by atoms with van der Waals surface area (Å²) in [5.74, 6) is 0.253. The molecule has 0 spiro atoms. The lowest BCUT2D eigenvalue weighted by molar-refractivity contribution is -0.109. The number of piperazine rings is 1. The zero-order valence-electron chi connectivity index (χ0n) is 21.9. The van der Waals surface area contributed by atoms with E-state index in [9.17, 15) is 18.8 Å². The highest BCUT2D eigenvalue weighted by molar-refractivity contribution is 5.60. The number of hydrogen-bond acceptors (Lipinski definition) is 7. The number of carbonyl (C=O) groups is 1. The largest absolute Gasteiger partial charge is 0.490 e.